The van der Waals surface area contributed by atoms with Crippen molar-refractivity contribution >= 4 is 39.4 Å². The molecule has 1 amide bonds. The van der Waals surface area contributed by atoms with Gasteiger partial charge in [-0.15, -0.1) is 0 Å². The number of amides is 1. The van der Waals surface area contributed by atoms with Crippen molar-refractivity contribution in [3.63, 3.8) is 0 Å². The topological polar surface area (TPSA) is 89.7 Å². The third-order valence-corrected chi connectivity index (χ3v) is 8.20. The first-order chi connectivity index (χ1) is 20.5. The second kappa shape index (κ2) is 12.0. The Morgan fingerprint density at radius 1 is 0.905 bits per heavy atom. The molecule has 1 heterocycles. The molecule has 7 heteroatoms. The zero-order valence-corrected chi connectivity index (χ0v) is 23.8. The average Bonchev–Trinajstić information content (AvgIpc) is 3.69. The number of fused-ring (bicyclic) bond motifs is 2. The van der Waals surface area contributed by atoms with E-state index in [0.717, 1.165) is 47.7 Å². The van der Waals surface area contributed by atoms with Gasteiger partial charge in [0.2, 0.25) is 0 Å². The van der Waals surface area contributed by atoms with Crippen molar-refractivity contribution in [1.82, 2.24) is 4.98 Å². The number of methoxy groups -OCH3 is 2. The number of ether oxygens (including phenoxy) is 3. The van der Waals surface area contributed by atoms with E-state index in [9.17, 15) is 9.59 Å². The molecule has 1 aliphatic carbocycles. The molecule has 0 bridgehead atoms. The minimum atomic E-state index is -0.425. The minimum Gasteiger partial charge on any atom is -0.496 e. The number of anilines is 1. The highest BCUT2D eigenvalue weighted by Crippen LogP contribution is 2.39. The number of carbonyl (C=O) groups is 2. The quantitative estimate of drug-likeness (QED) is 0.187. The molecular formula is C35H34N2O5. The molecule has 0 aliphatic heterocycles. The summed E-state index contributed by atoms with van der Waals surface area (Å²) in [6.07, 6.45) is 6.30. The highest BCUT2D eigenvalue weighted by molar-refractivity contribution is 5.93. The molecule has 42 heavy (non-hydrogen) atoms. The highest BCUT2D eigenvalue weighted by atomic mass is 16.6. The Hall–Kier alpha value is -4.78. The average molecular weight is 563 g/mol. The van der Waals surface area contributed by atoms with Crippen LogP contribution >= 0.6 is 0 Å². The van der Waals surface area contributed by atoms with Gasteiger partial charge in [-0.1, -0.05) is 48.5 Å². The summed E-state index contributed by atoms with van der Waals surface area (Å²) in [5.41, 5.74) is 5.21. The van der Waals surface area contributed by atoms with E-state index in [1.165, 1.54) is 23.4 Å². The molecule has 1 aliphatic rings. The van der Waals surface area contributed by atoms with Crippen LogP contribution in [0, 0.1) is 0 Å². The summed E-state index contributed by atoms with van der Waals surface area (Å²) in [6, 6.07) is 26.1. The molecule has 1 saturated carbocycles. The van der Waals surface area contributed by atoms with Gasteiger partial charge in [-0.25, -0.2) is 9.59 Å². The number of aromatic nitrogens is 1. The first-order valence-electron chi connectivity index (χ1n) is 14.3. The van der Waals surface area contributed by atoms with Crippen LogP contribution in [0.2, 0.25) is 0 Å². The Morgan fingerprint density at radius 3 is 2.50 bits per heavy atom. The van der Waals surface area contributed by atoms with Crippen molar-refractivity contribution in [3.8, 4) is 5.75 Å². The van der Waals surface area contributed by atoms with Gasteiger partial charge in [-0.05, 0) is 84.3 Å². The smallest absolute Gasteiger partial charge is 0.411 e. The largest absolute Gasteiger partial charge is 0.496 e. The molecule has 1 fully saturated rings. The lowest BCUT2D eigenvalue weighted by molar-refractivity contribution is 0.0600. The fourth-order valence-electron chi connectivity index (χ4n) is 6.05. The van der Waals surface area contributed by atoms with Crippen LogP contribution in [0.25, 0.3) is 21.7 Å². The van der Waals surface area contributed by atoms with Crippen molar-refractivity contribution < 1.29 is 23.8 Å². The fraction of sp³-hybridized carbons (Fsp3) is 0.257. The van der Waals surface area contributed by atoms with Crippen LogP contribution < -0.4 is 10.1 Å². The van der Waals surface area contributed by atoms with Crippen LogP contribution in [-0.2, 0) is 15.9 Å². The number of rotatable bonds is 8. The van der Waals surface area contributed by atoms with Crippen LogP contribution in [0.4, 0.5) is 10.5 Å². The molecule has 6 rings (SSSR count). The van der Waals surface area contributed by atoms with E-state index in [2.05, 4.69) is 40.6 Å². The maximum Gasteiger partial charge on any atom is 0.411 e. The summed E-state index contributed by atoms with van der Waals surface area (Å²) in [6.45, 7) is 0. The number of nitrogens with one attached hydrogen (secondary N) is 2. The van der Waals surface area contributed by atoms with E-state index in [1.54, 1.807) is 19.2 Å². The lowest BCUT2D eigenvalue weighted by Gasteiger charge is -2.21. The van der Waals surface area contributed by atoms with Gasteiger partial charge in [0.25, 0.3) is 0 Å². The van der Waals surface area contributed by atoms with Crippen molar-refractivity contribution in [2.45, 2.75) is 44.1 Å². The van der Waals surface area contributed by atoms with Gasteiger partial charge in [0.05, 0.1) is 19.8 Å². The molecule has 214 valence electrons. The molecule has 1 atom stereocenters. The third kappa shape index (κ3) is 5.68. The van der Waals surface area contributed by atoms with E-state index in [0.29, 0.717) is 23.4 Å². The van der Waals surface area contributed by atoms with Gasteiger partial charge in [0.15, 0.2) is 0 Å². The van der Waals surface area contributed by atoms with Crippen LogP contribution in [0.5, 0.6) is 5.75 Å². The predicted molar refractivity (Wildman–Crippen MR) is 164 cm³/mol. The van der Waals surface area contributed by atoms with Gasteiger partial charge in [-0.3, -0.25) is 5.32 Å². The number of hydrogen-bond donors (Lipinski definition) is 2. The number of aromatic amines is 1. The van der Waals surface area contributed by atoms with Crippen LogP contribution in [-0.4, -0.2) is 37.4 Å². The molecular weight excluding hydrogens is 528 g/mol. The normalized spacial score (nSPS) is 14.1. The zero-order chi connectivity index (χ0) is 29.1. The summed E-state index contributed by atoms with van der Waals surface area (Å²) in [7, 11) is 2.98. The number of benzene rings is 4. The van der Waals surface area contributed by atoms with Gasteiger partial charge >= 0.3 is 12.1 Å². The summed E-state index contributed by atoms with van der Waals surface area (Å²) in [4.78, 5) is 28.3. The van der Waals surface area contributed by atoms with E-state index in [1.807, 2.05) is 42.6 Å². The Bertz CT molecular complexity index is 1750. The lowest BCUT2D eigenvalue weighted by atomic mass is 9.84. The second-order valence-electron chi connectivity index (χ2n) is 10.8. The summed E-state index contributed by atoms with van der Waals surface area (Å²) < 4.78 is 16.4. The van der Waals surface area contributed by atoms with E-state index in [-0.39, 0.29) is 12.0 Å². The lowest BCUT2D eigenvalue weighted by Crippen LogP contribution is -2.20. The van der Waals surface area contributed by atoms with Crippen molar-refractivity contribution in [2.75, 3.05) is 19.5 Å². The maximum absolute atomic E-state index is 12.6. The predicted octanol–water partition coefficient (Wildman–Crippen LogP) is 7.98. The van der Waals surface area contributed by atoms with E-state index >= 15 is 0 Å². The van der Waals surface area contributed by atoms with Gasteiger partial charge < -0.3 is 19.2 Å². The third-order valence-electron chi connectivity index (χ3n) is 8.20. The van der Waals surface area contributed by atoms with Gasteiger partial charge in [-0.2, -0.15) is 0 Å². The molecule has 7 nitrogen and oxygen atoms in total. The summed E-state index contributed by atoms with van der Waals surface area (Å²) >= 11 is 0. The fourth-order valence-corrected chi connectivity index (χ4v) is 6.05. The van der Waals surface area contributed by atoms with Crippen LogP contribution in [0.15, 0.2) is 85.1 Å². The first kappa shape index (κ1) is 27.4. The Balaban J connectivity index is 1.40. The van der Waals surface area contributed by atoms with Crippen molar-refractivity contribution in [1.29, 1.82) is 0 Å². The van der Waals surface area contributed by atoms with Crippen molar-refractivity contribution in [3.05, 3.63) is 107 Å². The monoisotopic (exact) mass is 562 g/mol. The Morgan fingerprint density at radius 2 is 1.71 bits per heavy atom. The number of hydrogen-bond acceptors (Lipinski definition) is 5. The first-order valence-corrected chi connectivity index (χ1v) is 14.3. The van der Waals surface area contributed by atoms with E-state index < -0.39 is 12.1 Å². The van der Waals surface area contributed by atoms with Crippen LogP contribution in [0.3, 0.4) is 0 Å². The number of carbonyl (C=O) groups excluding carboxylic acids is 2. The second-order valence-corrected chi connectivity index (χ2v) is 10.8. The van der Waals surface area contributed by atoms with Gasteiger partial charge in [0, 0.05) is 34.3 Å². The van der Waals surface area contributed by atoms with Crippen LogP contribution in [0.1, 0.15) is 58.6 Å². The van der Waals surface area contributed by atoms with Crippen molar-refractivity contribution in [2.24, 2.45) is 0 Å². The minimum absolute atomic E-state index is 0.0108. The molecule has 1 unspecified atom stereocenters. The molecule has 0 spiro atoms. The molecule has 1 aromatic heterocycles. The standard InChI is InChI=1S/C35H34N2O5/c1-40-33-19-25(34(38)41-2)13-15-28(33)29(18-22-11-12-23-7-3-4-8-24(23)17-22)31-21-36-32-16-14-26(20-30(31)32)37-35(39)42-27-9-5-6-10-27/h3-4,7-8,11-17,19-21,27,29,36H,5-6,9-10,18H2,1-2H3,(H,37,39). The molecule has 4 aromatic carbocycles. The molecule has 5 aromatic rings. The molecule has 0 saturated heterocycles. The highest BCUT2D eigenvalue weighted by Gasteiger charge is 2.24. The molecule has 2 N–H and O–H groups in total. The number of esters is 1. The molecule has 0 radical (unpaired) electrons. The SMILES string of the molecule is COC(=O)c1ccc(C(Cc2ccc3ccccc3c2)c2c[nH]c3ccc(NC(=O)OC4CCCC4)cc23)c(OC)c1. The Kier molecular flexibility index (Phi) is 7.82. The van der Waals surface area contributed by atoms with Gasteiger partial charge in [0.1, 0.15) is 11.9 Å². The summed E-state index contributed by atoms with van der Waals surface area (Å²) in [5, 5.41) is 6.27. The maximum atomic E-state index is 12.6. The summed E-state index contributed by atoms with van der Waals surface area (Å²) in [5.74, 6) is 0.0629. The van der Waals surface area contributed by atoms with E-state index in [4.69, 9.17) is 14.2 Å². The zero-order valence-electron chi connectivity index (χ0n) is 23.8. The number of H-pyrrole nitrogens is 1. The Labute approximate surface area is 244 Å².